The van der Waals surface area contributed by atoms with Crippen LogP contribution in [0.15, 0.2) is 30.3 Å². The number of amides is 2. The number of esters is 1. The van der Waals surface area contributed by atoms with Crippen LogP contribution < -0.4 is 21.7 Å². The molecule has 226 valence electrons. The minimum Gasteiger partial charge on any atom is -0.468 e. The van der Waals surface area contributed by atoms with Crippen LogP contribution in [0.2, 0.25) is 0 Å². The van der Waals surface area contributed by atoms with Gasteiger partial charge >= 0.3 is 5.97 Å². The monoisotopic (exact) mass is 568 g/mol. The lowest BCUT2D eigenvalue weighted by molar-refractivity contribution is -0.140. The highest BCUT2D eigenvalue weighted by Crippen LogP contribution is 2.43. The van der Waals surface area contributed by atoms with Crippen molar-refractivity contribution in [3.05, 3.63) is 35.9 Å². The number of ether oxygens (including phenoxy) is 1. The molecular weight excluding hydrogens is 520 g/mol. The van der Waals surface area contributed by atoms with Crippen LogP contribution in [0.4, 0.5) is 0 Å². The number of benzene rings is 1. The lowest BCUT2D eigenvalue weighted by Crippen LogP contribution is -2.57. The number of piperidine rings is 1. The molecule has 1 saturated heterocycles. The lowest BCUT2D eigenvalue weighted by Gasteiger charge is -2.40. The molecule has 0 bridgehead atoms. The van der Waals surface area contributed by atoms with Crippen molar-refractivity contribution in [1.29, 1.82) is 5.41 Å². The molecule has 0 radical (unpaired) electrons. The number of likely N-dealkylation sites (tertiary alicyclic amines) is 1. The summed E-state index contributed by atoms with van der Waals surface area (Å²) in [4.78, 5) is 41.1. The summed E-state index contributed by atoms with van der Waals surface area (Å²) < 4.78 is 4.82. The third-order valence-electron chi connectivity index (χ3n) is 9.35. The zero-order valence-corrected chi connectivity index (χ0v) is 24.4. The molecule has 3 unspecified atom stereocenters. The average Bonchev–Trinajstić information content (AvgIpc) is 2.99. The van der Waals surface area contributed by atoms with Crippen molar-refractivity contribution in [3.8, 4) is 0 Å². The molecule has 5 atom stereocenters. The fourth-order valence-corrected chi connectivity index (χ4v) is 6.98. The molecule has 4 rings (SSSR count). The Hall–Kier alpha value is -3.14. The van der Waals surface area contributed by atoms with Crippen molar-refractivity contribution >= 4 is 23.7 Å². The van der Waals surface area contributed by atoms with E-state index in [0.717, 1.165) is 30.2 Å². The van der Waals surface area contributed by atoms with E-state index in [1.54, 1.807) is 4.90 Å². The number of rotatable bonds is 11. The van der Waals surface area contributed by atoms with Crippen molar-refractivity contribution in [1.82, 2.24) is 20.9 Å². The van der Waals surface area contributed by atoms with Crippen LogP contribution in [0.25, 0.3) is 0 Å². The number of methoxy groups -OCH3 is 1. The zero-order chi connectivity index (χ0) is 29.2. The quantitative estimate of drug-likeness (QED) is 0.156. The summed E-state index contributed by atoms with van der Waals surface area (Å²) >= 11 is 0. The van der Waals surface area contributed by atoms with Gasteiger partial charge in [-0.25, -0.2) is 0 Å². The van der Waals surface area contributed by atoms with Gasteiger partial charge in [-0.1, -0.05) is 62.4 Å². The molecule has 1 heterocycles. The third kappa shape index (κ3) is 9.18. The van der Waals surface area contributed by atoms with E-state index in [2.05, 4.69) is 16.0 Å². The van der Waals surface area contributed by atoms with Gasteiger partial charge in [0.05, 0.1) is 19.7 Å². The first-order valence-corrected chi connectivity index (χ1v) is 15.4. The molecular formula is C31H48N6O4. The second kappa shape index (κ2) is 15.2. The molecule has 6 N–H and O–H groups in total. The van der Waals surface area contributed by atoms with Crippen molar-refractivity contribution in [2.45, 2.75) is 88.8 Å². The predicted octanol–water partition coefficient (Wildman–Crippen LogP) is 2.32. The molecule has 1 aromatic rings. The van der Waals surface area contributed by atoms with Gasteiger partial charge in [0.1, 0.15) is 6.04 Å². The number of hydrogen-bond donors (Lipinski definition) is 5. The first-order chi connectivity index (χ1) is 19.8. The van der Waals surface area contributed by atoms with Gasteiger partial charge < -0.3 is 26.0 Å². The largest absolute Gasteiger partial charge is 0.468 e. The Morgan fingerprint density at radius 1 is 0.976 bits per heavy atom. The van der Waals surface area contributed by atoms with Gasteiger partial charge in [-0.3, -0.25) is 25.1 Å². The number of hydrogen-bond acceptors (Lipinski definition) is 6. The molecule has 2 saturated carbocycles. The molecule has 10 heteroatoms. The number of guanidine groups is 1. The number of carbonyl (C=O) groups is 3. The van der Waals surface area contributed by atoms with Crippen molar-refractivity contribution < 1.29 is 19.1 Å². The Bertz CT molecular complexity index is 1030. The summed E-state index contributed by atoms with van der Waals surface area (Å²) in [5.41, 5.74) is 6.57. The molecule has 0 aromatic heterocycles. The Morgan fingerprint density at radius 2 is 1.68 bits per heavy atom. The number of nitrogens with one attached hydrogen (secondary N) is 4. The summed E-state index contributed by atoms with van der Waals surface area (Å²) in [6, 6.07) is 8.27. The molecule has 10 nitrogen and oxygen atoms in total. The van der Waals surface area contributed by atoms with Crippen LogP contribution in [0, 0.1) is 23.2 Å². The third-order valence-corrected chi connectivity index (χ3v) is 9.35. The van der Waals surface area contributed by atoms with E-state index in [9.17, 15) is 14.4 Å². The van der Waals surface area contributed by atoms with E-state index in [4.69, 9.17) is 15.9 Å². The molecule has 2 amide bonds. The van der Waals surface area contributed by atoms with E-state index >= 15 is 0 Å². The van der Waals surface area contributed by atoms with Gasteiger partial charge in [-0.2, -0.15) is 0 Å². The maximum Gasteiger partial charge on any atom is 0.319 e. The predicted molar refractivity (Wildman–Crippen MR) is 158 cm³/mol. The van der Waals surface area contributed by atoms with Gasteiger partial charge in [0.2, 0.25) is 11.8 Å². The van der Waals surface area contributed by atoms with E-state index in [0.29, 0.717) is 44.7 Å². The molecule has 3 aliphatic rings. The lowest BCUT2D eigenvalue weighted by atomic mass is 9.66. The number of nitrogens with zero attached hydrogens (tertiary/aromatic N) is 1. The summed E-state index contributed by atoms with van der Waals surface area (Å²) in [5.74, 6) is 1.10. The molecule has 1 aliphatic heterocycles. The topological polar surface area (TPSA) is 150 Å². The first kappa shape index (κ1) is 30.8. The summed E-state index contributed by atoms with van der Waals surface area (Å²) in [6.07, 6.45) is 11.0. The SMILES string of the molecule is COC(=O)CN[C@H](CC1CCC2CCCCC2C1)C(=O)N[C@@H](Cc1ccccc1)C(=O)NC1CCN(C(=N)N)CC1. The van der Waals surface area contributed by atoms with Crippen LogP contribution in [0.5, 0.6) is 0 Å². The summed E-state index contributed by atoms with van der Waals surface area (Å²) in [6.45, 7) is 1.16. The number of carbonyl (C=O) groups excluding carboxylic acids is 3. The number of fused-ring (bicyclic) bond motifs is 1. The van der Waals surface area contributed by atoms with Gasteiger partial charge in [-0.05, 0) is 55.4 Å². The van der Waals surface area contributed by atoms with E-state index in [1.807, 2.05) is 30.3 Å². The van der Waals surface area contributed by atoms with Crippen LogP contribution >= 0.6 is 0 Å². The molecule has 41 heavy (non-hydrogen) atoms. The summed E-state index contributed by atoms with van der Waals surface area (Å²) in [5, 5.41) is 17.0. The molecule has 0 spiro atoms. The van der Waals surface area contributed by atoms with Crippen LogP contribution in [-0.4, -0.2) is 73.5 Å². The average molecular weight is 569 g/mol. The standard InChI is InChI=1S/C31H48N6O4/c1-41-28(38)20-34-26(19-22-11-12-23-9-5-6-10-24(23)17-22)29(39)36-27(18-21-7-3-2-4-8-21)30(40)35-25-13-15-37(16-14-25)31(32)33/h2-4,7-8,22-27,34H,5-6,9-20H2,1H3,(H3,32,33)(H,35,40)(H,36,39)/t22?,23?,24?,26-,27+/m1/s1. The first-order valence-electron chi connectivity index (χ1n) is 15.4. The smallest absolute Gasteiger partial charge is 0.319 e. The van der Waals surface area contributed by atoms with E-state index in [-0.39, 0.29) is 30.4 Å². The van der Waals surface area contributed by atoms with Crippen LogP contribution in [-0.2, 0) is 25.5 Å². The molecule has 3 fully saturated rings. The minimum atomic E-state index is -0.757. The zero-order valence-electron chi connectivity index (χ0n) is 24.4. The highest BCUT2D eigenvalue weighted by Gasteiger charge is 2.35. The van der Waals surface area contributed by atoms with Gasteiger partial charge in [0, 0.05) is 25.6 Å². The Balaban J connectivity index is 1.42. The minimum absolute atomic E-state index is 0.0477. The van der Waals surface area contributed by atoms with Crippen molar-refractivity contribution in [3.63, 3.8) is 0 Å². The Morgan fingerprint density at radius 3 is 2.37 bits per heavy atom. The van der Waals surface area contributed by atoms with Crippen LogP contribution in [0.1, 0.15) is 69.8 Å². The highest BCUT2D eigenvalue weighted by atomic mass is 16.5. The molecule has 1 aromatic carbocycles. The summed E-state index contributed by atoms with van der Waals surface area (Å²) in [7, 11) is 1.34. The maximum absolute atomic E-state index is 13.8. The van der Waals surface area contributed by atoms with Crippen LogP contribution in [0.3, 0.4) is 0 Å². The second-order valence-electron chi connectivity index (χ2n) is 12.1. The molecule has 2 aliphatic carbocycles. The highest BCUT2D eigenvalue weighted by molar-refractivity contribution is 5.90. The van der Waals surface area contributed by atoms with Crippen molar-refractivity contribution in [2.24, 2.45) is 23.5 Å². The Labute approximate surface area is 244 Å². The van der Waals surface area contributed by atoms with Gasteiger partial charge in [0.25, 0.3) is 0 Å². The van der Waals surface area contributed by atoms with Gasteiger partial charge in [0.15, 0.2) is 5.96 Å². The van der Waals surface area contributed by atoms with E-state index < -0.39 is 18.1 Å². The fraction of sp³-hybridized carbons (Fsp3) is 0.677. The number of nitrogens with two attached hydrogens (primary N) is 1. The van der Waals surface area contributed by atoms with Gasteiger partial charge in [-0.15, -0.1) is 0 Å². The second-order valence-corrected chi connectivity index (χ2v) is 12.1. The van der Waals surface area contributed by atoms with E-state index in [1.165, 1.54) is 39.2 Å². The normalized spacial score (nSPS) is 24.4. The maximum atomic E-state index is 13.8. The van der Waals surface area contributed by atoms with Crippen molar-refractivity contribution in [2.75, 3.05) is 26.7 Å². The Kier molecular flexibility index (Phi) is 11.4. The fourth-order valence-electron chi connectivity index (χ4n) is 6.98.